The molecule has 1 aliphatic heterocycles. The van der Waals surface area contributed by atoms with E-state index in [4.69, 9.17) is 0 Å². The van der Waals surface area contributed by atoms with Crippen molar-refractivity contribution in [3.63, 3.8) is 0 Å². The van der Waals surface area contributed by atoms with Gasteiger partial charge in [-0.15, -0.1) is 0 Å². The van der Waals surface area contributed by atoms with Crippen molar-refractivity contribution in [2.24, 2.45) is 0 Å². The zero-order chi connectivity index (χ0) is 21.1. The van der Waals surface area contributed by atoms with Gasteiger partial charge >= 0.3 is 0 Å². The molecule has 0 saturated heterocycles. The van der Waals surface area contributed by atoms with E-state index < -0.39 is 22.0 Å². The molecular weight excluding hydrogens is 420 g/mol. The molecule has 0 fully saturated rings. The fourth-order valence-electron chi connectivity index (χ4n) is 3.58. The van der Waals surface area contributed by atoms with E-state index in [0.717, 1.165) is 19.7 Å². The lowest BCUT2D eigenvalue weighted by atomic mass is 9.94. The maximum absolute atomic E-state index is 13.4. The number of fused-ring (bicyclic) bond motifs is 1. The summed E-state index contributed by atoms with van der Waals surface area (Å²) in [7, 11) is -3.95. The van der Waals surface area contributed by atoms with Crippen LogP contribution >= 0.6 is 11.8 Å². The quantitative estimate of drug-likeness (QED) is 0.467. The van der Waals surface area contributed by atoms with Crippen molar-refractivity contribution in [1.29, 1.82) is 0 Å². The van der Waals surface area contributed by atoms with Gasteiger partial charge in [0.2, 0.25) is 10.0 Å². The van der Waals surface area contributed by atoms with Crippen LogP contribution in [-0.4, -0.2) is 30.4 Å². The molecule has 30 heavy (non-hydrogen) atoms. The maximum atomic E-state index is 13.4. The number of rotatable bonds is 5. The molecule has 8 heteroatoms. The number of carbonyl (C=O) groups is 1. The van der Waals surface area contributed by atoms with Crippen LogP contribution in [0.5, 0.6) is 0 Å². The highest BCUT2D eigenvalue weighted by molar-refractivity contribution is 7.99. The minimum atomic E-state index is -3.95. The van der Waals surface area contributed by atoms with Crippen molar-refractivity contribution in [2.75, 3.05) is 6.54 Å². The molecule has 1 amide bonds. The fourth-order valence-corrected chi connectivity index (χ4v) is 5.98. The molecule has 0 bridgehead atoms. The predicted octanol–water partition coefficient (Wildman–Crippen LogP) is 3.63. The molecular formula is C22H20N2O4S2. The summed E-state index contributed by atoms with van der Waals surface area (Å²) in [6.45, 7) is 0.151. The molecule has 0 saturated carbocycles. The number of benzene rings is 3. The van der Waals surface area contributed by atoms with Gasteiger partial charge in [0.1, 0.15) is 6.04 Å². The van der Waals surface area contributed by atoms with Gasteiger partial charge in [-0.1, -0.05) is 54.2 Å². The first kappa shape index (κ1) is 20.6. The normalized spacial score (nSPS) is 16.6. The molecule has 1 unspecified atom stereocenters. The van der Waals surface area contributed by atoms with Crippen LogP contribution in [0.1, 0.15) is 17.2 Å². The molecule has 6 nitrogen and oxygen atoms in total. The number of hydrogen-bond donors (Lipinski definition) is 2. The molecule has 0 radical (unpaired) electrons. The summed E-state index contributed by atoms with van der Waals surface area (Å²) in [5.41, 5.74) is 3.09. The molecule has 3 aromatic rings. The van der Waals surface area contributed by atoms with Crippen LogP contribution in [-0.2, 0) is 21.2 Å². The van der Waals surface area contributed by atoms with Gasteiger partial charge in [-0.05, 0) is 53.9 Å². The van der Waals surface area contributed by atoms with Gasteiger partial charge in [-0.2, -0.15) is 4.31 Å². The van der Waals surface area contributed by atoms with Crippen molar-refractivity contribution in [1.82, 2.24) is 9.79 Å². The highest BCUT2D eigenvalue weighted by Gasteiger charge is 2.40. The lowest BCUT2D eigenvalue weighted by Gasteiger charge is -2.34. The first-order chi connectivity index (χ1) is 14.5. The number of amides is 1. The van der Waals surface area contributed by atoms with Crippen molar-refractivity contribution in [3.05, 3.63) is 90.0 Å². The van der Waals surface area contributed by atoms with Crippen molar-refractivity contribution < 1.29 is 18.4 Å². The first-order valence-corrected chi connectivity index (χ1v) is 11.6. The molecule has 0 aliphatic carbocycles. The lowest BCUT2D eigenvalue weighted by Crippen LogP contribution is -2.46. The maximum Gasteiger partial charge on any atom is 0.266 e. The van der Waals surface area contributed by atoms with Crippen molar-refractivity contribution in [3.8, 4) is 0 Å². The van der Waals surface area contributed by atoms with Crippen LogP contribution < -0.4 is 5.48 Å². The number of nitrogens with one attached hydrogen (secondary N) is 1. The molecule has 1 heterocycles. The third-order valence-electron chi connectivity index (χ3n) is 5.01. The van der Waals surface area contributed by atoms with Crippen molar-refractivity contribution in [2.45, 2.75) is 27.1 Å². The monoisotopic (exact) mass is 440 g/mol. The Bertz CT molecular complexity index is 1150. The van der Waals surface area contributed by atoms with Gasteiger partial charge in [0.15, 0.2) is 0 Å². The number of nitrogens with zero attached hydrogens (tertiary/aromatic N) is 1. The zero-order valence-electron chi connectivity index (χ0n) is 15.9. The van der Waals surface area contributed by atoms with Crippen LogP contribution in [0.15, 0.2) is 93.5 Å². The van der Waals surface area contributed by atoms with Crippen LogP contribution in [0.3, 0.4) is 0 Å². The molecule has 3 aromatic carbocycles. The van der Waals surface area contributed by atoms with Crippen LogP contribution in [0.2, 0.25) is 0 Å². The van der Waals surface area contributed by atoms with E-state index in [0.29, 0.717) is 12.0 Å². The van der Waals surface area contributed by atoms with E-state index >= 15 is 0 Å². The second kappa shape index (κ2) is 8.61. The number of carbonyl (C=O) groups excluding carboxylic acids is 1. The Kier molecular flexibility index (Phi) is 5.92. The van der Waals surface area contributed by atoms with E-state index in [-0.39, 0.29) is 11.4 Å². The molecule has 2 N–H and O–H groups in total. The van der Waals surface area contributed by atoms with E-state index in [1.807, 2.05) is 42.5 Å². The van der Waals surface area contributed by atoms with E-state index in [1.54, 1.807) is 41.9 Å². The van der Waals surface area contributed by atoms with Crippen LogP contribution in [0, 0.1) is 0 Å². The van der Waals surface area contributed by atoms with Crippen LogP contribution in [0.4, 0.5) is 0 Å². The summed E-state index contributed by atoms with van der Waals surface area (Å²) in [4.78, 5) is 14.5. The molecule has 4 rings (SSSR count). The largest absolute Gasteiger partial charge is 0.289 e. The molecule has 0 aromatic heterocycles. The third kappa shape index (κ3) is 3.99. The minimum Gasteiger partial charge on any atom is -0.289 e. The Morgan fingerprint density at radius 3 is 2.27 bits per heavy atom. The Labute approximate surface area is 179 Å². The summed E-state index contributed by atoms with van der Waals surface area (Å²) in [5, 5.41) is 9.22. The summed E-state index contributed by atoms with van der Waals surface area (Å²) in [6, 6.07) is 22.5. The average Bonchev–Trinajstić information content (AvgIpc) is 2.79. The highest BCUT2D eigenvalue weighted by Crippen LogP contribution is 2.35. The molecule has 1 aliphatic rings. The summed E-state index contributed by atoms with van der Waals surface area (Å²) in [6.07, 6.45) is 0.493. The van der Waals surface area contributed by atoms with Gasteiger partial charge < -0.3 is 0 Å². The zero-order valence-corrected chi connectivity index (χ0v) is 17.6. The van der Waals surface area contributed by atoms with E-state index in [2.05, 4.69) is 0 Å². The van der Waals surface area contributed by atoms with Gasteiger partial charge in [0, 0.05) is 16.3 Å². The Morgan fingerprint density at radius 2 is 1.57 bits per heavy atom. The molecule has 154 valence electrons. The Morgan fingerprint density at radius 1 is 0.933 bits per heavy atom. The van der Waals surface area contributed by atoms with E-state index in [9.17, 15) is 18.4 Å². The molecule has 0 spiro atoms. The summed E-state index contributed by atoms with van der Waals surface area (Å²) < 4.78 is 27.9. The van der Waals surface area contributed by atoms with E-state index in [1.165, 1.54) is 11.8 Å². The average molecular weight is 441 g/mol. The van der Waals surface area contributed by atoms with Crippen LogP contribution in [0.25, 0.3) is 0 Å². The predicted molar refractivity (Wildman–Crippen MR) is 114 cm³/mol. The molecule has 1 atom stereocenters. The minimum absolute atomic E-state index is 0.107. The standard InChI is InChI=1S/C22H20N2O4S2/c25-22(23-26)21-20-9-5-4-6-16(20)14-15-24(21)30(27,28)19-12-10-18(11-13-19)29-17-7-2-1-3-8-17/h1-13,21,26H,14-15H2,(H,23,25). The topological polar surface area (TPSA) is 86.7 Å². The summed E-state index contributed by atoms with van der Waals surface area (Å²) in [5.74, 6) is -0.776. The van der Waals surface area contributed by atoms with Crippen molar-refractivity contribution >= 4 is 27.7 Å². The first-order valence-electron chi connectivity index (χ1n) is 9.37. The smallest absolute Gasteiger partial charge is 0.266 e. The fraction of sp³-hybridized carbons (Fsp3) is 0.136. The Balaban J connectivity index is 1.64. The SMILES string of the molecule is O=C(NO)C1c2ccccc2CCN1S(=O)(=O)c1ccc(Sc2ccccc2)cc1. The van der Waals surface area contributed by atoms with Gasteiger partial charge in [0.05, 0.1) is 4.90 Å². The summed E-state index contributed by atoms with van der Waals surface area (Å²) >= 11 is 1.54. The second-order valence-electron chi connectivity index (χ2n) is 6.83. The number of sulfonamides is 1. The van der Waals surface area contributed by atoms with Gasteiger partial charge in [-0.25, -0.2) is 13.9 Å². The van der Waals surface area contributed by atoms with Gasteiger partial charge in [-0.3, -0.25) is 10.0 Å². The lowest BCUT2D eigenvalue weighted by molar-refractivity contribution is -0.133. The second-order valence-corrected chi connectivity index (χ2v) is 9.87. The third-order valence-corrected chi connectivity index (χ3v) is 7.90. The Hall–Kier alpha value is -2.65. The number of hydroxylamine groups is 1. The number of hydrogen-bond acceptors (Lipinski definition) is 5. The highest BCUT2D eigenvalue weighted by atomic mass is 32.2. The van der Waals surface area contributed by atoms with Gasteiger partial charge in [0.25, 0.3) is 5.91 Å².